The maximum Gasteiger partial charge on any atom is 0.224 e. The van der Waals surface area contributed by atoms with Crippen molar-refractivity contribution in [2.45, 2.75) is 32.7 Å². The number of carbonyl (C=O) groups is 1. The highest BCUT2D eigenvalue weighted by molar-refractivity contribution is 5.90. The van der Waals surface area contributed by atoms with Gasteiger partial charge in [0, 0.05) is 24.2 Å². The molecule has 0 saturated heterocycles. The number of amides is 1. The first-order valence-electron chi connectivity index (χ1n) is 5.34. The van der Waals surface area contributed by atoms with Gasteiger partial charge in [0.05, 0.1) is 0 Å². The van der Waals surface area contributed by atoms with Gasteiger partial charge in [0.25, 0.3) is 0 Å². The van der Waals surface area contributed by atoms with E-state index in [1.54, 1.807) is 25.1 Å². The van der Waals surface area contributed by atoms with E-state index in [2.05, 4.69) is 5.32 Å². The lowest BCUT2D eigenvalue weighted by Crippen LogP contribution is -2.19. The summed E-state index contributed by atoms with van der Waals surface area (Å²) in [5.41, 5.74) is 6.95. The molecule has 1 atom stereocenters. The number of nitrogens with one attached hydrogen (secondary N) is 1. The maximum atomic E-state index is 11.5. The molecular weight excluding hydrogens is 204 g/mol. The number of phenols is 1. The Morgan fingerprint density at radius 1 is 1.56 bits per heavy atom. The van der Waals surface area contributed by atoms with Gasteiger partial charge in [-0.3, -0.25) is 4.79 Å². The van der Waals surface area contributed by atoms with Crippen LogP contribution in [0.1, 0.15) is 25.3 Å². The van der Waals surface area contributed by atoms with Crippen LogP contribution in [0.4, 0.5) is 5.69 Å². The van der Waals surface area contributed by atoms with Crippen LogP contribution < -0.4 is 11.1 Å². The molecule has 1 aromatic rings. The molecule has 0 saturated carbocycles. The fourth-order valence-electron chi connectivity index (χ4n) is 1.27. The van der Waals surface area contributed by atoms with Crippen molar-refractivity contribution in [3.63, 3.8) is 0 Å². The Hall–Kier alpha value is -1.55. The van der Waals surface area contributed by atoms with Crippen molar-refractivity contribution >= 4 is 11.6 Å². The smallest absolute Gasteiger partial charge is 0.224 e. The second-order valence-electron chi connectivity index (χ2n) is 4.07. The lowest BCUT2D eigenvalue weighted by Gasteiger charge is -2.08. The van der Waals surface area contributed by atoms with E-state index < -0.39 is 0 Å². The monoisotopic (exact) mass is 222 g/mol. The minimum Gasteiger partial charge on any atom is -0.508 e. The normalized spacial score (nSPS) is 12.2. The van der Waals surface area contributed by atoms with E-state index >= 15 is 0 Å². The van der Waals surface area contributed by atoms with Gasteiger partial charge >= 0.3 is 0 Å². The third-order valence-corrected chi connectivity index (χ3v) is 2.32. The van der Waals surface area contributed by atoms with E-state index in [1.165, 1.54) is 0 Å². The summed E-state index contributed by atoms with van der Waals surface area (Å²) in [6.07, 6.45) is 1.05. The predicted molar refractivity (Wildman–Crippen MR) is 64.4 cm³/mol. The molecule has 16 heavy (non-hydrogen) atoms. The van der Waals surface area contributed by atoms with Gasteiger partial charge in [0.2, 0.25) is 5.91 Å². The van der Waals surface area contributed by atoms with Gasteiger partial charge in [0.15, 0.2) is 0 Å². The van der Waals surface area contributed by atoms with Crippen molar-refractivity contribution in [1.29, 1.82) is 0 Å². The molecule has 0 aliphatic heterocycles. The quantitative estimate of drug-likeness (QED) is 0.726. The van der Waals surface area contributed by atoms with Crippen molar-refractivity contribution in [3.05, 3.63) is 23.8 Å². The standard InChI is InChI=1S/C12H18N2O2/c1-8-3-5-10(7-11(8)15)14-12(16)6-4-9(2)13/h3,5,7,9,15H,4,6,13H2,1-2H3,(H,14,16). The Kier molecular flexibility index (Phi) is 4.31. The largest absolute Gasteiger partial charge is 0.508 e. The molecule has 1 aromatic carbocycles. The van der Waals surface area contributed by atoms with E-state index in [-0.39, 0.29) is 17.7 Å². The number of phenolic OH excluding ortho intramolecular Hbond substituents is 1. The van der Waals surface area contributed by atoms with Gasteiger partial charge in [-0.15, -0.1) is 0 Å². The highest BCUT2D eigenvalue weighted by Gasteiger charge is 2.05. The zero-order valence-corrected chi connectivity index (χ0v) is 9.66. The summed E-state index contributed by atoms with van der Waals surface area (Å²) in [5, 5.41) is 12.2. The van der Waals surface area contributed by atoms with E-state index in [0.29, 0.717) is 18.5 Å². The molecule has 0 radical (unpaired) electrons. The molecule has 0 heterocycles. The molecule has 4 nitrogen and oxygen atoms in total. The summed E-state index contributed by atoms with van der Waals surface area (Å²) < 4.78 is 0. The first-order valence-corrected chi connectivity index (χ1v) is 5.34. The summed E-state index contributed by atoms with van der Waals surface area (Å²) in [5.74, 6) is 0.102. The molecule has 0 bridgehead atoms. The van der Waals surface area contributed by atoms with Crippen LogP contribution in [0.3, 0.4) is 0 Å². The van der Waals surface area contributed by atoms with Gasteiger partial charge in [-0.05, 0) is 31.9 Å². The average molecular weight is 222 g/mol. The number of aryl methyl sites for hydroxylation is 1. The van der Waals surface area contributed by atoms with E-state index in [1.807, 2.05) is 6.92 Å². The van der Waals surface area contributed by atoms with Crippen LogP contribution in [-0.4, -0.2) is 17.1 Å². The Labute approximate surface area is 95.5 Å². The number of hydrogen-bond donors (Lipinski definition) is 3. The SMILES string of the molecule is Cc1ccc(NC(=O)CCC(C)N)cc1O. The zero-order chi connectivity index (χ0) is 12.1. The Balaban J connectivity index is 2.53. The first kappa shape index (κ1) is 12.5. The molecule has 1 rings (SSSR count). The average Bonchev–Trinajstić information content (AvgIpc) is 2.21. The summed E-state index contributed by atoms with van der Waals surface area (Å²) in [4.78, 5) is 11.5. The van der Waals surface area contributed by atoms with Crippen LogP contribution in [0.5, 0.6) is 5.75 Å². The van der Waals surface area contributed by atoms with Crippen LogP contribution in [0.25, 0.3) is 0 Å². The molecule has 0 spiro atoms. The summed E-state index contributed by atoms with van der Waals surface area (Å²) in [6, 6.07) is 5.09. The number of rotatable bonds is 4. The van der Waals surface area contributed by atoms with Gasteiger partial charge in [-0.2, -0.15) is 0 Å². The number of carbonyl (C=O) groups excluding carboxylic acids is 1. The van der Waals surface area contributed by atoms with E-state index in [4.69, 9.17) is 5.73 Å². The molecule has 0 aliphatic carbocycles. The van der Waals surface area contributed by atoms with Gasteiger partial charge in [0.1, 0.15) is 5.75 Å². The number of anilines is 1. The van der Waals surface area contributed by atoms with Crippen LogP contribution in [0.15, 0.2) is 18.2 Å². The number of hydrogen-bond acceptors (Lipinski definition) is 3. The lowest BCUT2D eigenvalue weighted by atomic mass is 10.1. The molecule has 0 fully saturated rings. The van der Waals surface area contributed by atoms with Crippen LogP contribution >= 0.6 is 0 Å². The van der Waals surface area contributed by atoms with Crippen molar-refractivity contribution in [3.8, 4) is 5.75 Å². The number of aromatic hydroxyl groups is 1. The molecule has 1 amide bonds. The molecule has 1 unspecified atom stereocenters. The Bertz CT molecular complexity index is 375. The van der Waals surface area contributed by atoms with Crippen LogP contribution in [-0.2, 0) is 4.79 Å². The minimum atomic E-state index is -0.0828. The second-order valence-corrected chi connectivity index (χ2v) is 4.07. The van der Waals surface area contributed by atoms with Crippen LogP contribution in [0.2, 0.25) is 0 Å². The van der Waals surface area contributed by atoms with E-state index in [0.717, 1.165) is 5.56 Å². The Morgan fingerprint density at radius 3 is 2.81 bits per heavy atom. The van der Waals surface area contributed by atoms with Crippen molar-refractivity contribution in [1.82, 2.24) is 0 Å². The summed E-state index contributed by atoms with van der Waals surface area (Å²) in [6.45, 7) is 3.67. The van der Waals surface area contributed by atoms with Crippen LogP contribution in [0, 0.1) is 6.92 Å². The maximum absolute atomic E-state index is 11.5. The first-order chi connectivity index (χ1) is 7.49. The number of benzene rings is 1. The van der Waals surface area contributed by atoms with Crippen molar-refractivity contribution in [2.24, 2.45) is 5.73 Å². The third kappa shape index (κ3) is 3.90. The Morgan fingerprint density at radius 2 is 2.25 bits per heavy atom. The highest BCUT2D eigenvalue weighted by Crippen LogP contribution is 2.20. The van der Waals surface area contributed by atoms with Crippen molar-refractivity contribution < 1.29 is 9.90 Å². The third-order valence-electron chi connectivity index (χ3n) is 2.32. The van der Waals surface area contributed by atoms with Gasteiger partial charge in [-0.1, -0.05) is 6.07 Å². The topological polar surface area (TPSA) is 75.4 Å². The molecular formula is C12H18N2O2. The second kappa shape index (κ2) is 5.51. The predicted octanol–water partition coefficient (Wildman–Crippen LogP) is 1.77. The summed E-state index contributed by atoms with van der Waals surface area (Å²) >= 11 is 0. The molecule has 0 aromatic heterocycles. The summed E-state index contributed by atoms with van der Waals surface area (Å²) in [7, 11) is 0. The molecule has 88 valence electrons. The molecule has 4 heteroatoms. The fourth-order valence-corrected chi connectivity index (χ4v) is 1.27. The molecule has 4 N–H and O–H groups in total. The van der Waals surface area contributed by atoms with E-state index in [9.17, 15) is 9.90 Å². The molecule has 0 aliphatic rings. The van der Waals surface area contributed by atoms with Crippen molar-refractivity contribution in [2.75, 3.05) is 5.32 Å². The zero-order valence-electron chi connectivity index (χ0n) is 9.66. The van der Waals surface area contributed by atoms with Gasteiger partial charge < -0.3 is 16.2 Å². The fraction of sp³-hybridized carbons (Fsp3) is 0.417. The highest BCUT2D eigenvalue weighted by atomic mass is 16.3. The lowest BCUT2D eigenvalue weighted by molar-refractivity contribution is -0.116. The minimum absolute atomic E-state index is 0.0252. The van der Waals surface area contributed by atoms with Gasteiger partial charge in [-0.25, -0.2) is 0 Å². The number of nitrogens with two attached hydrogens (primary N) is 1.